The SMILES string of the molecule is CC(=O)Nc1nnc(S(=O)(=O)N2CCCC2C2CCCC2)s1. The van der Waals surface area contributed by atoms with Crippen molar-refractivity contribution < 1.29 is 13.2 Å². The number of hydrogen-bond acceptors (Lipinski definition) is 6. The molecule has 2 fully saturated rings. The van der Waals surface area contributed by atoms with Crippen LogP contribution in [0, 0.1) is 5.92 Å². The number of carbonyl (C=O) groups excluding carboxylic acids is 1. The van der Waals surface area contributed by atoms with Crippen molar-refractivity contribution >= 4 is 32.4 Å². The topological polar surface area (TPSA) is 92.3 Å². The molecular weight excluding hydrogens is 324 g/mol. The van der Waals surface area contributed by atoms with Crippen LogP contribution in [0.4, 0.5) is 5.13 Å². The lowest BCUT2D eigenvalue weighted by Crippen LogP contribution is -2.39. The average Bonchev–Trinajstić information content (AvgIpc) is 3.19. The van der Waals surface area contributed by atoms with Crippen molar-refractivity contribution in [2.45, 2.75) is 55.8 Å². The van der Waals surface area contributed by atoms with Gasteiger partial charge in [0, 0.05) is 19.5 Å². The number of nitrogens with one attached hydrogen (secondary N) is 1. The van der Waals surface area contributed by atoms with Crippen molar-refractivity contribution in [3.05, 3.63) is 0 Å². The van der Waals surface area contributed by atoms with E-state index in [0.717, 1.165) is 37.0 Å². The van der Waals surface area contributed by atoms with Crippen LogP contribution in [0.5, 0.6) is 0 Å². The number of hydrogen-bond donors (Lipinski definition) is 1. The third kappa shape index (κ3) is 3.02. The molecule has 122 valence electrons. The highest BCUT2D eigenvalue weighted by Crippen LogP contribution is 2.38. The van der Waals surface area contributed by atoms with Crippen LogP contribution in [0.15, 0.2) is 4.34 Å². The lowest BCUT2D eigenvalue weighted by Gasteiger charge is -2.27. The average molecular weight is 344 g/mol. The van der Waals surface area contributed by atoms with Gasteiger partial charge in [0.15, 0.2) is 0 Å². The molecule has 1 saturated heterocycles. The summed E-state index contributed by atoms with van der Waals surface area (Å²) in [4.78, 5) is 11.0. The molecule has 0 spiro atoms. The van der Waals surface area contributed by atoms with Crippen LogP contribution in [0.1, 0.15) is 45.4 Å². The number of sulfonamides is 1. The highest BCUT2D eigenvalue weighted by molar-refractivity contribution is 7.91. The first-order chi connectivity index (χ1) is 10.5. The predicted molar refractivity (Wildman–Crippen MR) is 83.1 cm³/mol. The molecule has 7 nitrogen and oxygen atoms in total. The van der Waals surface area contributed by atoms with Crippen LogP contribution < -0.4 is 5.32 Å². The standard InChI is InChI=1S/C13H20N4O3S2/c1-9(18)14-12-15-16-13(21-12)22(19,20)17-8-4-7-11(17)10-5-2-3-6-10/h10-11H,2-8H2,1H3,(H,14,15,18). The summed E-state index contributed by atoms with van der Waals surface area (Å²) in [5.74, 6) is 0.185. The molecule has 1 aromatic rings. The second-order valence-corrected chi connectivity index (χ2v) is 8.97. The Labute approximate surface area is 134 Å². The van der Waals surface area contributed by atoms with Gasteiger partial charge < -0.3 is 5.32 Å². The predicted octanol–water partition coefficient (Wildman–Crippen LogP) is 1.84. The minimum absolute atomic E-state index is 0.0267. The van der Waals surface area contributed by atoms with Gasteiger partial charge in [-0.1, -0.05) is 24.2 Å². The molecule has 1 atom stereocenters. The molecular formula is C13H20N4O3S2. The van der Waals surface area contributed by atoms with Crippen molar-refractivity contribution in [1.29, 1.82) is 0 Å². The van der Waals surface area contributed by atoms with Gasteiger partial charge in [0.05, 0.1) is 0 Å². The third-order valence-corrected chi connectivity index (χ3v) is 7.52. The summed E-state index contributed by atoms with van der Waals surface area (Å²) < 4.78 is 27.2. The minimum atomic E-state index is -3.61. The van der Waals surface area contributed by atoms with Gasteiger partial charge >= 0.3 is 0 Å². The Morgan fingerprint density at radius 3 is 2.64 bits per heavy atom. The first-order valence-corrected chi connectivity index (χ1v) is 9.87. The number of amides is 1. The van der Waals surface area contributed by atoms with Crippen LogP contribution in [-0.4, -0.2) is 41.4 Å². The molecule has 0 aromatic carbocycles. The fraction of sp³-hybridized carbons (Fsp3) is 0.769. The van der Waals surface area contributed by atoms with Gasteiger partial charge in [0.1, 0.15) is 0 Å². The number of nitrogens with zero attached hydrogens (tertiary/aromatic N) is 3. The molecule has 1 aliphatic heterocycles. The first-order valence-electron chi connectivity index (χ1n) is 7.61. The number of aromatic nitrogens is 2. The normalized spacial score (nSPS) is 24.0. The van der Waals surface area contributed by atoms with Gasteiger partial charge in [-0.2, -0.15) is 4.31 Å². The second-order valence-electron chi connectivity index (χ2n) is 5.92. The summed E-state index contributed by atoms with van der Waals surface area (Å²) in [6.07, 6.45) is 6.45. The van der Waals surface area contributed by atoms with E-state index in [9.17, 15) is 13.2 Å². The third-order valence-electron chi connectivity index (χ3n) is 4.41. The molecule has 1 amide bonds. The van der Waals surface area contributed by atoms with E-state index in [2.05, 4.69) is 15.5 Å². The van der Waals surface area contributed by atoms with Crippen molar-refractivity contribution in [2.24, 2.45) is 5.92 Å². The van der Waals surface area contributed by atoms with Crippen LogP contribution in [-0.2, 0) is 14.8 Å². The van der Waals surface area contributed by atoms with Crippen molar-refractivity contribution in [2.75, 3.05) is 11.9 Å². The van der Waals surface area contributed by atoms with Gasteiger partial charge in [-0.3, -0.25) is 4.79 Å². The number of rotatable bonds is 4. The summed E-state index contributed by atoms with van der Waals surface area (Å²) in [6, 6.07) is 0.0978. The molecule has 2 aliphatic rings. The molecule has 2 heterocycles. The summed E-state index contributed by atoms with van der Waals surface area (Å²) in [5.41, 5.74) is 0. The van der Waals surface area contributed by atoms with Crippen LogP contribution in [0.3, 0.4) is 0 Å². The zero-order chi connectivity index (χ0) is 15.7. The van der Waals surface area contributed by atoms with Gasteiger partial charge in [0.2, 0.25) is 15.4 Å². The van der Waals surface area contributed by atoms with E-state index in [1.54, 1.807) is 4.31 Å². The molecule has 3 rings (SSSR count). The van der Waals surface area contributed by atoms with E-state index in [1.807, 2.05) is 0 Å². The molecule has 1 unspecified atom stereocenters. The fourth-order valence-corrected chi connectivity index (χ4v) is 6.31. The maximum Gasteiger partial charge on any atom is 0.272 e. The van der Waals surface area contributed by atoms with E-state index < -0.39 is 10.0 Å². The summed E-state index contributed by atoms with van der Waals surface area (Å²) in [7, 11) is -3.61. The molecule has 1 aliphatic carbocycles. The lowest BCUT2D eigenvalue weighted by atomic mass is 9.97. The Bertz CT molecular complexity index is 652. The first kappa shape index (κ1) is 15.8. The van der Waals surface area contributed by atoms with Gasteiger partial charge in [-0.15, -0.1) is 10.2 Å². The summed E-state index contributed by atoms with van der Waals surface area (Å²) in [6.45, 7) is 1.91. The summed E-state index contributed by atoms with van der Waals surface area (Å²) >= 11 is 0.916. The Morgan fingerprint density at radius 2 is 1.95 bits per heavy atom. The maximum absolute atomic E-state index is 12.8. The monoisotopic (exact) mass is 344 g/mol. The molecule has 1 N–H and O–H groups in total. The molecule has 9 heteroatoms. The van der Waals surface area contributed by atoms with Gasteiger partial charge in [-0.05, 0) is 31.6 Å². The Hall–Kier alpha value is -1.06. The van der Waals surface area contributed by atoms with E-state index in [0.29, 0.717) is 12.5 Å². The quantitative estimate of drug-likeness (QED) is 0.841. The van der Waals surface area contributed by atoms with Crippen LogP contribution in [0.2, 0.25) is 0 Å². The molecule has 0 bridgehead atoms. The molecule has 22 heavy (non-hydrogen) atoms. The Balaban J connectivity index is 1.82. The molecule has 1 aromatic heterocycles. The van der Waals surface area contributed by atoms with Crippen molar-refractivity contribution in [3.8, 4) is 0 Å². The molecule has 0 radical (unpaired) electrons. The lowest BCUT2D eigenvalue weighted by molar-refractivity contribution is -0.114. The number of carbonyl (C=O) groups is 1. The Morgan fingerprint density at radius 1 is 1.23 bits per heavy atom. The van der Waals surface area contributed by atoms with Gasteiger partial charge in [0.25, 0.3) is 10.0 Å². The van der Waals surface area contributed by atoms with Crippen molar-refractivity contribution in [1.82, 2.24) is 14.5 Å². The van der Waals surface area contributed by atoms with E-state index in [-0.39, 0.29) is 21.4 Å². The fourth-order valence-electron chi connectivity index (χ4n) is 3.49. The van der Waals surface area contributed by atoms with Crippen LogP contribution in [0.25, 0.3) is 0 Å². The zero-order valence-corrected chi connectivity index (χ0v) is 14.1. The van der Waals surface area contributed by atoms with Gasteiger partial charge in [-0.25, -0.2) is 8.42 Å². The maximum atomic E-state index is 12.8. The van der Waals surface area contributed by atoms with E-state index in [1.165, 1.54) is 19.8 Å². The van der Waals surface area contributed by atoms with Crippen molar-refractivity contribution in [3.63, 3.8) is 0 Å². The largest absolute Gasteiger partial charge is 0.301 e. The van der Waals surface area contributed by atoms with E-state index in [4.69, 9.17) is 0 Å². The minimum Gasteiger partial charge on any atom is -0.301 e. The highest BCUT2D eigenvalue weighted by Gasteiger charge is 2.41. The second kappa shape index (κ2) is 6.21. The summed E-state index contributed by atoms with van der Waals surface area (Å²) in [5, 5.41) is 10.2. The highest BCUT2D eigenvalue weighted by atomic mass is 32.2. The zero-order valence-electron chi connectivity index (χ0n) is 12.5. The van der Waals surface area contributed by atoms with E-state index >= 15 is 0 Å². The number of anilines is 1. The van der Waals surface area contributed by atoms with Crippen LogP contribution >= 0.6 is 11.3 Å². The smallest absolute Gasteiger partial charge is 0.272 e. The Kier molecular flexibility index (Phi) is 4.47. The molecule has 1 saturated carbocycles.